The van der Waals surface area contributed by atoms with Crippen molar-refractivity contribution >= 4 is 38.8 Å². The number of hydrogen-bond acceptors (Lipinski definition) is 6. The van der Waals surface area contributed by atoms with Crippen molar-refractivity contribution in [3.63, 3.8) is 0 Å². The lowest BCUT2D eigenvalue weighted by Crippen LogP contribution is -2.42. The molecule has 2 aromatic heterocycles. The molecule has 0 aromatic carbocycles. The van der Waals surface area contributed by atoms with E-state index < -0.39 is 0 Å². The SMILES string of the molecule is O=C(NC1CCNCC1)c1sc2nccc3c2c1NCN3. The Bertz CT molecular complexity index is 692. The van der Waals surface area contributed by atoms with Crippen LogP contribution in [0.3, 0.4) is 0 Å². The van der Waals surface area contributed by atoms with Crippen molar-refractivity contribution in [1.29, 1.82) is 0 Å². The highest BCUT2D eigenvalue weighted by atomic mass is 32.1. The van der Waals surface area contributed by atoms with E-state index in [4.69, 9.17) is 0 Å². The number of thiophene rings is 1. The van der Waals surface area contributed by atoms with E-state index in [1.54, 1.807) is 6.20 Å². The van der Waals surface area contributed by atoms with Gasteiger partial charge in [-0.3, -0.25) is 4.79 Å². The number of nitrogens with one attached hydrogen (secondary N) is 4. The first-order valence-corrected chi connectivity index (χ1v) is 8.05. The Balaban J connectivity index is 1.67. The highest BCUT2D eigenvalue weighted by Crippen LogP contribution is 2.40. The van der Waals surface area contributed by atoms with Gasteiger partial charge in [-0.1, -0.05) is 0 Å². The maximum Gasteiger partial charge on any atom is 0.263 e. The fraction of sp³-hybridized carbons (Fsp3) is 0.429. The molecule has 4 heterocycles. The van der Waals surface area contributed by atoms with Crippen LogP contribution >= 0.6 is 11.3 Å². The van der Waals surface area contributed by atoms with Gasteiger partial charge in [0.15, 0.2) is 0 Å². The van der Waals surface area contributed by atoms with Crippen LogP contribution in [0.25, 0.3) is 10.2 Å². The molecule has 0 aliphatic carbocycles. The van der Waals surface area contributed by atoms with E-state index in [-0.39, 0.29) is 11.9 Å². The molecule has 21 heavy (non-hydrogen) atoms. The third kappa shape index (κ3) is 2.22. The summed E-state index contributed by atoms with van der Waals surface area (Å²) in [4.78, 5) is 18.6. The average molecular weight is 303 g/mol. The smallest absolute Gasteiger partial charge is 0.263 e. The molecule has 6 nitrogen and oxygen atoms in total. The van der Waals surface area contributed by atoms with E-state index in [1.807, 2.05) is 6.07 Å². The maximum absolute atomic E-state index is 12.6. The Labute approximate surface area is 126 Å². The molecule has 0 saturated carbocycles. The fourth-order valence-electron chi connectivity index (χ4n) is 2.94. The molecule has 2 aromatic rings. The fourth-order valence-corrected chi connectivity index (χ4v) is 3.99. The molecule has 4 rings (SSSR count). The van der Waals surface area contributed by atoms with E-state index >= 15 is 0 Å². The molecule has 110 valence electrons. The summed E-state index contributed by atoms with van der Waals surface area (Å²) in [5, 5.41) is 14.1. The van der Waals surface area contributed by atoms with E-state index in [0.29, 0.717) is 6.67 Å². The standard InChI is InChI=1S/C14H17N5OS/c20-13(19-8-1-4-15-5-2-8)12-11-10-9(17-7-18-11)3-6-16-14(10)21-12/h3,6,8,15,17-18H,1-2,4-5,7H2,(H,19,20). The first-order chi connectivity index (χ1) is 10.3. The molecule has 0 unspecified atom stereocenters. The van der Waals surface area contributed by atoms with Gasteiger partial charge in [-0.25, -0.2) is 4.98 Å². The summed E-state index contributed by atoms with van der Waals surface area (Å²) >= 11 is 1.46. The molecule has 1 fully saturated rings. The topological polar surface area (TPSA) is 78.1 Å². The third-order valence-electron chi connectivity index (χ3n) is 4.02. The van der Waals surface area contributed by atoms with Crippen molar-refractivity contribution in [2.45, 2.75) is 18.9 Å². The largest absolute Gasteiger partial charge is 0.367 e. The zero-order chi connectivity index (χ0) is 14.2. The van der Waals surface area contributed by atoms with Gasteiger partial charge in [0.1, 0.15) is 9.71 Å². The second-order valence-electron chi connectivity index (χ2n) is 5.37. The zero-order valence-corrected chi connectivity index (χ0v) is 12.3. The Kier molecular flexibility index (Phi) is 3.16. The molecule has 0 bridgehead atoms. The number of amides is 1. The number of rotatable bonds is 2. The van der Waals surface area contributed by atoms with Crippen molar-refractivity contribution in [2.24, 2.45) is 0 Å². The van der Waals surface area contributed by atoms with Crippen LogP contribution in [-0.2, 0) is 0 Å². The predicted molar refractivity (Wildman–Crippen MR) is 85.1 cm³/mol. The predicted octanol–water partition coefficient (Wildman–Crippen LogP) is 1.57. The lowest BCUT2D eigenvalue weighted by Gasteiger charge is -2.24. The minimum atomic E-state index is 0.0141. The van der Waals surface area contributed by atoms with Crippen LogP contribution < -0.4 is 21.3 Å². The molecule has 0 spiro atoms. The summed E-state index contributed by atoms with van der Waals surface area (Å²) in [7, 11) is 0. The van der Waals surface area contributed by atoms with Gasteiger partial charge in [-0.2, -0.15) is 0 Å². The van der Waals surface area contributed by atoms with E-state index in [2.05, 4.69) is 26.3 Å². The lowest BCUT2D eigenvalue weighted by molar-refractivity contribution is 0.0934. The number of piperidine rings is 1. The average Bonchev–Trinajstić information content (AvgIpc) is 2.90. The summed E-state index contributed by atoms with van der Waals surface area (Å²) in [6, 6.07) is 2.22. The number of pyridine rings is 1. The summed E-state index contributed by atoms with van der Waals surface area (Å²) in [5.41, 5.74) is 1.97. The van der Waals surface area contributed by atoms with Crippen molar-refractivity contribution in [2.75, 3.05) is 30.4 Å². The zero-order valence-electron chi connectivity index (χ0n) is 11.5. The first kappa shape index (κ1) is 12.8. The van der Waals surface area contributed by atoms with Crippen LogP contribution in [0.1, 0.15) is 22.5 Å². The lowest BCUT2D eigenvalue weighted by atomic mass is 10.1. The van der Waals surface area contributed by atoms with Crippen molar-refractivity contribution in [3.8, 4) is 0 Å². The maximum atomic E-state index is 12.6. The molecular formula is C14H17N5OS. The molecule has 4 N–H and O–H groups in total. The van der Waals surface area contributed by atoms with Crippen molar-refractivity contribution in [3.05, 3.63) is 17.1 Å². The van der Waals surface area contributed by atoms with E-state index in [1.165, 1.54) is 11.3 Å². The van der Waals surface area contributed by atoms with Gasteiger partial charge in [0, 0.05) is 17.9 Å². The van der Waals surface area contributed by atoms with E-state index in [9.17, 15) is 4.79 Å². The minimum absolute atomic E-state index is 0.0141. The summed E-state index contributed by atoms with van der Waals surface area (Å²) < 4.78 is 0. The number of carbonyl (C=O) groups is 1. The number of anilines is 2. The van der Waals surface area contributed by atoms with Crippen molar-refractivity contribution < 1.29 is 4.79 Å². The molecule has 0 radical (unpaired) electrons. The molecule has 1 amide bonds. The Morgan fingerprint density at radius 3 is 3.05 bits per heavy atom. The van der Waals surface area contributed by atoms with Gasteiger partial charge in [-0.15, -0.1) is 11.3 Å². The summed E-state index contributed by atoms with van der Waals surface area (Å²) in [5.74, 6) is 0.0141. The third-order valence-corrected chi connectivity index (χ3v) is 5.11. The Morgan fingerprint density at radius 2 is 2.19 bits per heavy atom. The summed E-state index contributed by atoms with van der Waals surface area (Å²) in [6.45, 7) is 2.58. The van der Waals surface area contributed by atoms with Crippen LogP contribution in [-0.4, -0.2) is 36.7 Å². The molecule has 0 atom stereocenters. The van der Waals surface area contributed by atoms with Gasteiger partial charge in [0.25, 0.3) is 5.91 Å². The van der Waals surface area contributed by atoms with Crippen LogP contribution in [0, 0.1) is 0 Å². The van der Waals surface area contributed by atoms with Crippen LogP contribution in [0.5, 0.6) is 0 Å². The van der Waals surface area contributed by atoms with Crippen molar-refractivity contribution in [1.82, 2.24) is 15.6 Å². The normalized spacial score (nSPS) is 18.1. The van der Waals surface area contributed by atoms with Crippen LogP contribution in [0.4, 0.5) is 11.4 Å². The molecule has 2 aliphatic rings. The van der Waals surface area contributed by atoms with Gasteiger partial charge in [-0.05, 0) is 32.0 Å². The number of carbonyl (C=O) groups excluding carboxylic acids is 1. The van der Waals surface area contributed by atoms with E-state index in [0.717, 1.165) is 52.4 Å². The number of nitrogens with zero attached hydrogens (tertiary/aromatic N) is 1. The van der Waals surface area contributed by atoms with Gasteiger partial charge < -0.3 is 21.3 Å². The molecule has 7 heteroatoms. The number of hydrogen-bond donors (Lipinski definition) is 4. The summed E-state index contributed by atoms with van der Waals surface area (Å²) in [6.07, 6.45) is 3.76. The van der Waals surface area contributed by atoms with Gasteiger partial charge in [0.05, 0.1) is 17.7 Å². The monoisotopic (exact) mass is 303 g/mol. The van der Waals surface area contributed by atoms with Crippen LogP contribution in [0.2, 0.25) is 0 Å². The minimum Gasteiger partial charge on any atom is -0.367 e. The Morgan fingerprint density at radius 1 is 1.33 bits per heavy atom. The van der Waals surface area contributed by atoms with Gasteiger partial charge >= 0.3 is 0 Å². The van der Waals surface area contributed by atoms with Crippen LogP contribution in [0.15, 0.2) is 12.3 Å². The number of aromatic nitrogens is 1. The quantitative estimate of drug-likeness (QED) is 0.677. The van der Waals surface area contributed by atoms with Gasteiger partial charge in [0.2, 0.25) is 0 Å². The molecule has 2 aliphatic heterocycles. The first-order valence-electron chi connectivity index (χ1n) is 7.24. The Hall–Kier alpha value is -1.86. The second-order valence-corrected chi connectivity index (χ2v) is 6.37. The highest BCUT2D eigenvalue weighted by Gasteiger charge is 2.25. The molecule has 1 saturated heterocycles. The molecular weight excluding hydrogens is 286 g/mol. The second kappa shape index (κ2) is 5.16. The highest BCUT2D eigenvalue weighted by molar-refractivity contribution is 7.21.